The Hall–Kier alpha value is -3.40. The first kappa shape index (κ1) is 23.3. The Morgan fingerprint density at radius 2 is 1.22 bits per heavy atom. The number of ether oxygens (including phenoxy) is 2. The molecule has 3 rings (SSSR count). The van der Waals surface area contributed by atoms with Gasteiger partial charge in [-0.1, -0.05) is 70.2 Å². The second kappa shape index (κ2) is 10.3. The minimum Gasteiger partial charge on any atom is -0.419 e. The highest BCUT2D eigenvalue weighted by atomic mass is 16.6. The van der Waals surface area contributed by atoms with Crippen molar-refractivity contribution < 1.29 is 19.1 Å². The zero-order valence-electron chi connectivity index (χ0n) is 19.3. The second-order valence-corrected chi connectivity index (χ2v) is 8.69. The van der Waals surface area contributed by atoms with Gasteiger partial charge in [-0.25, -0.2) is 9.59 Å². The highest BCUT2D eigenvalue weighted by Crippen LogP contribution is 2.42. The first-order valence-corrected chi connectivity index (χ1v) is 11.0. The number of hydrogen-bond donors (Lipinski definition) is 0. The Kier molecular flexibility index (Phi) is 7.47. The molecule has 0 aliphatic heterocycles. The van der Waals surface area contributed by atoms with Crippen LogP contribution in [0.15, 0.2) is 66.7 Å². The molecular weight excluding hydrogens is 400 g/mol. The number of carbonyl (C=O) groups is 2. The Bertz CT molecular complexity index is 1080. The molecule has 0 aliphatic rings. The van der Waals surface area contributed by atoms with E-state index < -0.39 is 11.9 Å². The van der Waals surface area contributed by atoms with Crippen molar-refractivity contribution in [1.82, 2.24) is 0 Å². The minimum absolute atomic E-state index is 0.0668. The summed E-state index contributed by atoms with van der Waals surface area (Å²) in [5.41, 5.74) is 3.62. The lowest BCUT2D eigenvalue weighted by atomic mass is 9.89. The SMILES string of the molecule is Cc1cc(CC(C)C)c(C(C)C)c(OC(=O)c2ccccc2)c1OC(=O)c1ccccc1. The Morgan fingerprint density at radius 1 is 0.750 bits per heavy atom. The third-order valence-corrected chi connectivity index (χ3v) is 5.16. The van der Waals surface area contributed by atoms with Gasteiger partial charge in [0.15, 0.2) is 11.5 Å². The van der Waals surface area contributed by atoms with E-state index in [9.17, 15) is 9.59 Å². The lowest BCUT2D eigenvalue weighted by Crippen LogP contribution is -2.16. The molecule has 0 aliphatic carbocycles. The molecule has 0 saturated carbocycles. The van der Waals surface area contributed by atoms with Gasteiger partial charge in [-0.2, -0.15) is 0 Å². The van der Waals surface area contributed by atoms with E-state index >= 15 is 0 Å². The van der Waals surface area contributed by atoms with E-state index in [-0.39, 0.29) is 5.92 Å². The van der Waals surface area contributed by atoms with E-state index in [0.29, 0.717) is 28.5 Å². The van der Waals surface area contributed by atoms with Gasteiger partial charge in [-0.05, 0) is 60.6 Å². The molecule has 0 atom stereocenters. The average Bonchev–Trinajstić information content (AvgIpc) is 2.76. The maximum atomic E-state index is 13.0. The van der Waals surface area contributed by atoms with Crippen LogP contribution in [0.5, 0.6) is 11.5 Å². The van der Waals surface area contributed by atoms with E-state index in [1.165, 1.54) is 0 Å². The fourth-order valence-corrected chi connectivity index (χ4v) is 3.77. The van der Waals surface area contributed by atoms with Crippen molar-refractivity contribution in [2.75, 3.05) is 0 Å². The van der Waals surface area contributed by atoms with Crippen LogP contribution in [-0.4, -0.2) is 11.9 Å². The average molecular weight is 431 g/mol. The molecule has 32 heavy (non-hydrogen) atoms. The predicted octanol–water partition coefficient (Wildman–Crippen LogP) is 6.76. The van der Waals surface area contributed by atoms with Gasteiger partial charge >= 0.3 is 11.9 Å². The normalized spacial score (nSPS) is 11.0. The lowest BCUT2D eigenvalue weighted by Gasteiger charge is -2.23. The molecule has 4 nitrogen and oxygen atoms in total. The quantitative estimate of drug-likeness (QED) is 0.307. The maximum Gasteiger partial charge on any atom is 0.343 e. The third-order valence-electron chi connectivity index (χ3n) is 5.16. The topological polar surface area (TPSA) is 52.6 Å². The zero-order chi connectivity index (χ0) is 23.3. The van der Waals surface area contributed by atoms with Crippen molar-refractivity contribution in [2.45, 2.75) is 47.0 Å². The summed E-state index contributed by atoms with van der Waals surface area (Å²) in [4.78, 5) is 25.8. The number of hydrogen-bond acceptors (Lipinski definition) is 4. The molecule has 0 fully saturated rings. The number of benzene rings is 3. The van der Waals surface area contributed by atoms with E-state index in [1.54, 1.807) is 48.5 Å². The van der Waals surface area contributed by atoms with Crippen LogP contribution in [0.1, 0.15) is 71.0 Å². The molecule has 4 heteroatoms. The van der Waals surface area contributed by atoms with Crippen LogP contribution in [0.4, 0.5) is 0 Å². The maximum absolute atomic E-state index is 13.0. The highest BCUT2D eigenvalue weighted by Gasteiger charge is 2.26. The third kappa shape index (κ3) is 5.44. The molecule has 0 saturated heterocycles. The summed E-state index contributed by atoms with van der Waals surface area (Å²) < 4.78 is 11.8. The van der Waals surface area contributed by atoms with Gasteiger partial charge in [0.2, 0.25) is 0 Å². The first-order chi connectivity index (χ1) is 15.3. The number of aryl methyl sites for hydroxylation is 1. The largest absolute Gasteiger partial charge is 0.419 e. The van der Waals surface area contributed by atoms with Crippen molar-refractivity contribution in [1.29, 1.82) is 0 Å². The monoisotopic (exact) mass is 430 g/mol. The molecule has 0 N–H and O–H groups in total. The summed E-state index contributed by atoms with van der Waals surface area (Å²) >= 11 is 0. The van der Waals surface area contributed by atoms with Crippen molar-refractivity contribution >= 4 is 11.9 Å². The van der Waals surface area contributed by atoms with Gasteiger partial charge in [0.1, 0.15) is 0 Å². The van der Waals surface area contributed by atoms with Crippen molar-refractivity contribution in [3.05, 3.63) is 94.5 Å². The molecule has 0 radical (unpaired) electrons. The van der Waals surface area contributed by atoms with Crippen LogP contribution in [0, 0.1) is 12.8 Å². The molecule has 0 aromatic heterocycles. The standard InChI is InChI=1S/C28H30O4/c1-18(2)16-23-17-20(5)25(31-27(29)21-12-8-6-9-13-21)26(24(23)19(3)4)32-28(30)22-14-10-7-11-15-22/h6-15,17-19H,16H2,1-5H3. The minimum atomic E-state index is -0.489. The summed E-state index contributed by atoms with van der Waals surface area (Å²) in [6.45, 7) is 10.3. The highest BCUT2D eigenvalue weighted by molar-refractivity contribution is 5.93. The van der Waals surface area contributed by atoms with Gasteiger partial charge in [-0.15, -0.1) is 0 Å². The molecule has 0 bridgehead atoms. The van der Waals surface area contributed by atoms with Crippen molar-refractivity contribution in [3.8, 4) is 11.5 Å². The smallest absolute Gasteiger partial charge is 0.343 e. The van der Waals surface area contributed by atoms with E-state index in [4.69, 9.17) is 9.47 Å². The fourth-order valence-electron chi connectivity index (χ4n) is 3.77. The van der Waals surface area contributed by atoms with Crippen molar-refractivity contribution in [2.24, 2.45) is 5.92 Å². The number of carbonyl (C=O) groups excluding carboxylic acids is 2. The van der Waals surface area contributed by atoms with E-state index in [0.717, 1.165) is 23.1 Å². The molecule has 0 amide bonds. The lowest BCUT2D eigenvalue weighted by molar-refractivity contribution is 0.0679. The van der Waals surface area contributed by atoms with E-state index in [1.807, 2.05) is 25.1 Å². The Labute approximate surface area is 190 Å². The first-order valence-electron chi connectivity index (χ1n) is 11.0. The van der Waals surface area contributed by atoms with Crippen LogP contribution in [-0.2, 0) is 6.42 Å². The second-order valence-electron chi connectivity index (χ2n) is 8.69. The number of esters is 2. The van der Waals surface area contributed by atoms with Crippen LogP contribution < -0.4 is 9.47 Å². The summed E-state index contributed by atoms with van der Waals surface area (Å²) in [6, 6.07) is 19.7. The molecule has 3 aromatic carbocycles. The molecule has 166 valence electrons. The summed E-state index contributed by atoms with van der Waals surface area (Å²) in [6.07, 6.45) is 0.831. The Balaban J connectivity index is 2.12. The Morgan fingerprint density at radius 3 is 1.66 bits per heavy atom. The molecule has 3 aromatic rings. The molecule has 0 spiro atoms. The summed E-state index contributed by atoms with van der Waals surface area (Å²) in [5.74, 6) is 0.134. The van der Waals surface area contributed by atoms with E-state index in [2.05, 4.69) is 27.7 Å². The van der Waals surface area contributed by atoms with Crippen LogP contribution >= 0.6 is 0 Å². The van der Waals surface area contributed by atoms with Gasteiger partial charge in [0.25, 0.3) is 0 Å². The predicted molar refractivity (Wildman–Crippen MR) is 127 cm³/mol. The van der Waals surface area contributed by atoms with Gasteiger partial charge in [0.05, 0.1) is 11.1 Å². The van der Waals surface area contributed by atoms with Crippen LogP contribution in [0.2, 0.25) is 0 Å². The molecular formula is C28H30O4. The van der Waals surface area contributed by atoms with Crippen molar-refractivity contribution in [3.63, 3.8) is 0 Å². The van der Waals surface area contributed by atoms with Gasteiger partial charge < -0.3 is 9.47 Å². The van der Waals surface area contributed by atoms with Gasteiger partial charge in [-0.3, -0.25) is 0 Å². The summed E-state index contributed by atoms with van der Waals surface area (Å²) in [5, 5.41) is 0. The fraction of sp³-hybridized carbons (Fsp3) is 0.286. The van der Waals surface area contributed by atoms with Crippen LogP contribution in [0.25, 0.3) is 0 Å². The van der Waals surface area contributed by atoms with Gasteiger partial charge in [0, 0.05) is 5.56 Å². The zero-order valence-corrected chi connectivity index (χ0v) is 19.3. The molecule has 0 unspecified atom stereocenters. The summed E-state index contributed by atoms with van der Waals surface area (Å²) in [7, 11) is 0. The number of rotatable bonds is 7. The molecule has 0 heterocycles. The van der Waals surface area contributed by atoms with Crippen LogP contribution in [0.3, 0.4) is 0 Å².